The zero-order valence-electron chi connectivity index (χ0n) is 14.2. The molecule has 1 aliphatic heterocycles. The Morgan fingerprint density at radius 1 is 1.00 bits per heavy atom. The predicted octanol–water partition coefficient (Wildman–Crippen LogP) is 4.11. The molecule has 1 aliphatic rings. The highest BCUT2D eigenvalue weighted by atomic mass is 16.7. The van der Waals surface area contributed by atoms with Crippen LogP contribution in [0.3, 0.4) is 0 Å². The minimum absolute atomic E-state index is 0.183. The van der Waals surface area contributed by atoms with Gasteiger partial charge in [-0.25, -0.2) is 4.98 Å². The molecule has 0 aliphatic carbocycles. The number of nitrogens with zero attached hydrogens (tertiary/aromatic N) is 1. The first-order valence-corrected chi connectivity index (χ1v) is 8.18. The molecule has 0 unspecified atom stereocenters. The summed E-state index contributed by atoms with van der Waals surface area (Å²) < 4.78 is 10.7. The van der Waals surface area contributed by atoms with Crippen LogP contribution in [-0.2, 0) is 0 Å². The van der Waals surface area contributed by atoms with Crippen LogP contribution in [-0.4, -0.2) is 17.7 Å². The SMILES string of the molecule is Cc1cccc(C(=O)Nc2ccc(Nc3ccc4c(c3)OCO4)cn2)c1. The molecule has 1 amide bonds. The molecular formula is C20H17N3O3. The summed E-state index contributed by atoms with van der Waals surface area (Å²) in [5.74, 6) is 1.76. The van der Waals surface area contributed by atoms with E-state index >= 15 is 0 Å². The standard InChI is InChI=1S/C20H17N3O3/c1-13-3-2-4-14(9-13)20(24)23-19-8-6-16(11-21-19)22-15-5-7-17-18(10-15)26-12-25-17/h2-11,22H,12H2,1H3,(H,21,23,24). The zero-order chi connectivity index (χ0) is 17.9. The number of ether oxygens (including phenoxy) is 2. The van der Waals surface area contributed by atoms with Gasteiger partial charge in [-0.1, -0.05) is 17.7 Å². The Morgan fingerprint density at radius 2 is 1.85 bits per heavy atom. The van der Waals surface area contributed by atoms with Gasteiger partial charge >= 0.3 is 0 Å². The molecule has 0 saturated carbocycles. The Balaban J connectivity index is 1.43. The molecule has 0 bridgehead atoms. The highest BCUT2D eigenvalue weighted by Gasteiger charge is 2.13. The van der Waals surface area contributed by atoms with Gasteiger partial charge in [0.1, 0.15) is 5.82 Å². The first-order chi connectivity index (χ1) is 12.7. The van der Waals surface area contributed by atoms with E-state index < -0.39 is 0 Å². The van der Waals surface area contributed by atoms with Gasteiger partial charge in [0.2, 0.25) is 6.79 Å². The Bertz CT molecular complexity index is 955. The lowest BCUT2D eigenvalue weighted by Crippen LogP contribution is -2.13. The maximum Gasteiger partial charge on any atom is 0.256 e. The molecule has 0 saturated heterocycles. The summed E-state index contributed by atoms with van der Waals surface area (Å²) in [4.78, 5) is 16.5. The fourth-order valence-corrected chi connectivity index (χ4v) is 2.66. The van der Waals surface area contributed by atoms with Crippen LogP contribution in [0.5, 0.6) is 11.5 Å². The van der Waals surface area contributed by atoms with Crippen LogP contribution in [0.25, 0.3) is 0 Å². The average Bonchev–Trinajstić information content (AvgIpc) is 3.11. The van der Waals surface area contributed by atoms with Gasteiger partial charge in [0.15, 0.2) is 11.5 Å². The van der Waals surface area contributed by atoms with Crippen molar-refractivity contribution in [1.82, 2.24) is 4.98 Å². The smallest absolute Gasteiger partial charge is 0.256 e. The van der Waals surface area contributed by atoms with Crippen LogP contribution in [0, 0.1) is 6.92 Å². The number of anilines is 3. The van der Waals surface area contributed by atoms with Crippen LogP contribution in [0.2, 0.25) is 0 Å². The second-order valence-electron chi connectivity index (χ2n) is 5.95. The third kappa shape index (κ3) is 3.44. The highest BCUT2D eigenvalue weighted by Crippen LogP contribution is 2.35. The van der Waals surface area contributed by atoms with Crippen molar-refractivity contribution in [3.63, 3.8) is 0 Å². The van der Waals surface area contributed by atoms with E-state index in [2.05, 4.69) is 15.6 Å². The van der Waals surface area contributed by atoms with Crippen LogP contribution in [0.1, 0.15) is 15.9 Å². The molecule has 0 fully saturated rings. The number of rotatable bonds is 4. The van der Waals surface area contributed by atoms with Crippen molar-refractivity contribution in [3.05, 3.63) is 71.9 Å². The summed E-state index contributed by atoms with van der Waals surface area (Å²) in [6.07, 6.45) is 1.66. The number of amides is 1. The quantitative estimate of drug-likeness (QED) is 0.743. The monoisotopic (exact) mass is 347 g/mol. The maximum atomic E-state index is 12.3. The number of hydrogen-bond donors (Lipinski definition) is 2. The summed E-state index contributed by atoms with van der Waals surface area (Å²) in [5, 5.41) is 6.04. The summed E-state index contributed by atoms with van der Waals surface area (Å²) in [6.45, 7) is 2.20. The normalized spacial score (nSPS) is 11.9. The molecular weight excluding hydrogens is 330 g/mol. The van der Waals surface area contributed by atoms with Gasteiger partial charge in [-0.05, 0) is 43.3 Å². The van der Waals surface area contributed by atoms with Gasteiger partial charge < -0.3 is 20.1 Å². The molecule has 6 nitrogen and oxygen atoms in total. The molecule has 0 radical (unpaired) electrons. The molecule has 26 heavy (non-hydrogen) atoms. The molecule has 6 heteroatoms. The maximum absolute atomic E-state index is 12.3. The molecule has 130 valence electrons. The van der Waals surface area contributed by atoms with E-state index in [4.69, 9.17) is 9.47 Å². The summed E-state index contributed by atoms with van der Waals surface area (Å²) in [7, 11) is 0. The van der Waals surface area contributed by atoms with E-state index in [0.717, 1.165) is 22.7 Å². The number of carbonyl (C=O) groups excluding carboxylic acids is 1. The van der Waals surface area contributed by atoms with Crippen molar-refractivity contribution in [2.75, 3.05) is 17.4 Å². The summed E-state index contributed by atoms with van der Waals surface area (Å²) in [5.41, 5.74) is 3.31. The predicted molar refractivity (Wildman–Crippen MR) is 99.2 cm³/mol. The van der Waals surface area contributed by atoms with Crippen molar-refractivity contribution < 1.29 is 14.3 Å². The Labute approximate surface area is 150 Å². The third-order valence-electron chi connectivity index (χ3n) is 3.95. The van der Waals surface area contributed by atoms with Gasteiger partial charge in [-0.2, -0.15) is 0 Å². The lowest BCUT2D eigenvalue weighted by Gasteiger charge is -2.09. The molecule has 0 atom stereocenters. The number of hydrogen-bond acceptors (Lipinski definition) is 5. The van der Waals surface area contributed by atoms with Crippen molar-refractivity contribution in [1.29, 1.82) is 0 Å². The minimum Gasteiger partial charge on any atom is -0.454 e. The topological polar surface area (TPSA) is 72.5 Å². The Kier molecular flexibility index (Phi) is 4.15. The van der Waals surface area contributed by atoms with E-state index in [0.29, 0.717) is 17.1 Å². The zero-order valence-corrected chi connectivity index (χ0v) is 14.2. The average molecular weight is 347 g/mol. The third-order valence-corrected chi connectivity index (χ3v) is 3.95. The molecule has 0 spiro atoms. The van der Waals surface area contributed by atoms with Crippen LogP contribution >= 0.6 is 0 Å². The van der Waals surface area contributed by atoms with Crippen molar-refractivity contribution in [3.8, 4) is 11.5 Å². The number of nitrogens with one attached hydrogen (secondary N) is 2. The van der Waals surface area contributed by atoms with E-state index in [-0.39, 0.29) is 12.7 Å². The number of aromatic nitrogens is 1. The van der Waals surface area contributed by atoms with Crippen molar-refractivity contribution in [2.45, 2.75) is 6.92 Å². The lowest BCUT2D eigenvalue weighted by atomic mass is 10.1. The largest absolute Gasteiger partial charge is 0.454 e. The summed E-state index contributed by atoms with van der Waals surface area (Å²) >= 11 is 0. The van der Waals surface area contributed by atoms with Crippen LogP contribution in [0.15, 0.2) is 60.8 Å². The number of benzene rings is 2. The minimum atomic E-state index is -0.183. The van der Waals surface area contributed by atoms with Crippen molar-refractivity contribution >= 4 is 23.1 Å². The van der Waals surface area contributed by atoms with E-state index in [1.807, 2.05) is 49.4 Å². The number of pyridine rings is 1. The first kappa shape index (κ1) is 16.0. The first-order valence-electron chi connectivity index (χ1n) is 8.18. The Hall–Kier alpha value is -3.54. The molecule has 2 heterocycles. The van der Waals surface area contributed by atoms with Crippen LogP contribution < -0.4 is 20.1 Å². The van der Waals surface area contributed by atoms with E-state index in [1.165, 1.54) is 0 Å². The van der Waals surface area contributed by atoms with Gasteiger partial charge in [-0.15, -0.1) is 0 Å². The van der Waals surface area contributed by atoms with Crippen molar-refractivity contribution in [2.24, 2.45) is 0 Å². The van der Waals surface area contributed by atoms with Gasteiger partial charge in [0, 0.05) is 17.3 Å². The number of carbonyl (C=O) groups is 1. The molecule has 2 aromatic carbocycles. The Morgan fingerprint density at radius 3 is 2.65 bits per heavy atom. The second-order valence-corrected chi connectivity index (χ2v) is 5.95. The molecule has 4 rings (SSSR count). The van der Waals surface area contributed by atoms with E-state index in [9.17, 15) is 4.79 Å². The fraction of sp³-hybridized carbons (Fsp3) is 0.100. The highest BCUT2D eigenvalue weighted by molar-refractivity contribution is 6.03. The van der Waals surface area contributed by atoms with Gasteiger partial charge in [0.05, 0.1) is 11.9 Å². The molecule has 1 aromatic heterocycles. The lowest BCUT2D eigenvalue weighted by molar-refractivity contribution is 0.102. The number of fused-ring (bicyclic) bond motifs is 1. The second kappa shape index (κ2) is 6.76. The van der Waals surface area contributed by atoms with Gasteiger partial charge in [-0.3, -0.25) is 4.79 Å². The molecule has 3 aromatic rings. The van der Waals surface area contributed by atoms with E-state index in [1.54, 1.807) is 18.3 Å². The molecule has 2 N–H and O–H groups in total. The fourth-order valence-electron chi connectivity index (χ4n) is 2.66. The van der Waals surface area contributed by atoms with Crippen LogP contribution in [0.4, 0.5) is 17.2 Å². The summed E-state index contributed by atoms with van der Waals surface area (Å²) in [6, 6.07) is 16.7. The van der Waals surface area contributed by atoms with Gasteiger partial charge in [0.25, 0.3) is 5.91 Å². The number of aryl methyl sites for hydroxylation is 1.